The van der Waals surface area contributed by atoms with Crippen LogP contribution >= 0.6 is 0 Å². The molecule has 1 rings (SSSR count). The van der Waals surface area contributed by atoms with Gasteiger partial charge in [-0.2, -0.15) is 0 Å². The molecule has 1 aromatic rings. The van der Waals surface area contributed by atoms with Gasteiger partial charge in [0.2, 0.25) is 11.8 Å². The molecule has 5 heteroatoms. The number of rotatable bonds is 11. The van der Waals surface area contributed by atoms with Crippen molar-refractivity contribution < 1.29 is 9.59 Å². The lowest BCUT2D eigenvalue weighted by atomic mass is 9.96. The van der Waals surface area contributed by atoms with Crippen molar-refractivity contribution in [3.63, 3.8) is 0 Å². The van der Waals surface area contributed by atoms with Crippen LogP contribution in [0.15, 0.2) is 18.2 Å². The van der Waals surface area contributed by atoms with Crippen LogP contribution in [-0.4, -0.2) is 36.9 Å². The van der Waals surface area contributed by atoms with E-state index in [0.29, 0.717) is 24.8 Å². The Bertz CT molecular complexity index is 694. The molecule has 0 bridgehead atoms. The molecule has 1 atom stereocenters. The fourth-order valence-electron chi connectivity index (χ4n) is 3.65. The lowest BCUT2D eigenvalue weighted by Crippen LogP contribution is -2.44. The summed E-state index contributed by atoms with van der Waals surface area (Å²) in [4.78, 5) is 29.7. The monoisotopic (exact) mass is 417 g/mol. The second-order valence-corrected chi connectivity index (χ2v) is 9.35. The predicted octanol–water partition coefficient (Wildman–Crippen LogP) is 5.55. The number of carbonyl (C=O) groups is 2. The fourth-order valence-corrected chi connectivity index (χ4v) is 3.65. The van der Waals surface area contributed by atoms with Crippen LogP contribution in [0.25, 0.3) is 0 Å². The third-order valence-corrected chi connectivity index (χ3v) is 5.85. The van der Waals surface area contributed by atoms with E-state index in [0.717, 1.165) is 29.8 Å². The quantitative estimate of drug-likeness (QED) is 0.514. The van der Waals surface area contributed by atoms with Crippen molar-refractivity contribution in [3.8, 4) is 0 Å². The average Bonchev–Trinajstić information content (AvgIpc) is 2.65. The summed E-state index contributed by atoms with van der Waals surface area (Å²) < 4.78 is 0. The topological polar surface area (TPSA) is 52.7 Å². The van der Waals surface area contributed by atoms with Crippen molar-refractivity contribution in [1.82, 2.24) is 4.90 Å². The molecule has 0 fully saturated rings. The number of anilines is 2. The molecule has 0 spiro atoms. The van der Waals surface area contributed by atoms with E-state index in [1.165, 1.54) is 0 Å². The number of benzene rings is 1. The van der Waals surface area contributed by atoms with Crippen LogP contribution in [-0.2, 0) is 16.1 Å². The minimum atomic E-state index is 0.0223. The predicted molar refractivity (Wildman–Crippen MR) is 128 cm³/mol. The average molecular weight is 418 g/mol. The number of amides is 2. The van der Waals surface area contributed by atoms with Crippen molar-refractivity contribution >= 4 is 23.2 Å². The Labute approximate surface area is 184 Å². The third kappa shape index (κ3) is 7.33. The zero-order chi connectivity index (χ0) is 23.0. The second kappa shape index (κ2) is 12.0. The molecule has 0 saturated carbocycles. The second-order valence-electron chi connectivity index (χ2n) is 9.35. The summed E-state index contributed by atoms with van der Waals surface area (Å²) in [5.74, 6) is 0.961. The molecule has 0 heterocycles. The third-order valence-electron chi connectivity index (χ3n) is 5.85. The molecule has 0 aromatic heterocycles. The molecule has 0 radical (unpaired) electrons. The first-order valence-electron chi connectivity index (χ1n) is 11.4. The first kappa shape index (κ1) is 26.0. The molecule has 1 aromatic carbocycles. The molecule has 30 heavy (non-hydrogen) atoms. The first-order valence-corrected chi connectivity index (χ1v) is 11.4. The van der Waals surface area contributed by atoms with Gasteiger partial charge in [0.15, 0.2) is 0 Å². The number of carbonyl (C=O) groups excluding carboxylic acids is 2. The van der Waals surface area contributed by atoms with E-state index in [4.69, 9.17) is 0 Å². The zero-order valence-electron chi connectivity index (χ0n) is 20.6. The van der Waals surface area contributed by atoms with Crippen LogP contribution < -0.4 is 10.2 Å². The summed E-state index contributed by atoms with van der Waals surface area (Å²) in [6, 6.07) is 6.12. The van der Waals surface area contributed by atoms with Crippen LogP contribution in [0.2, 0.25) is 0 Å². The molecule has 0 aliphatic carbocycles. The summed E-state index contributed by atoms with van der Waals surface area (Å²) in [5.41, 5.74) is 2.90. The standard InChI is InChI=1S/C25H43N3O2/c1-10-20(11-2)25(30)28(19(7)18(5)6)16-21-15-22(12-13-23(21)27(8)9)26-24(29)14-17(3)4/h12-13,15,17-20H,10-11,14,16H2,1-9H3,(H,26,29). The Hall–Kier alpha value is -2.04. The highest BCUT2D eigenvalue weighted by Gasteiger charge is 2.28. The maximum atomic E-state index is 13.4. The van der Waals surface area contributed by atoms with Gasteiger partial charge in [-0.1, -0.05) is 41.5 Å². The summed E-state index contributed by atoms with van der Waals surface area (Å²) in [6.07, 6.45) is 2.19. The molecule has 5 nitrogen and oxygen atoms in total. The Morgan fingerprint density at radius 1 is 1.00 bits per heavy atom. The van der Waals surface area contributed by atoms with Gasteiger partial charge in [0.1, 0.15) is 0 Å². The molecule has 1 N–H and O–H groups in total. The van der Waals surface area contributed by atoms with E-state index in [1.807, 2.05) is 51.0 Å². The number of hydrogen-bond donors (Lipinski definition) is 1. The lowest BCUT2D eigenvalue weighted by molar-refractivity contribution is -0.139. The number of nitrogens with zero attached hydrogens (tertiary/aromatic N) is 2. The number of nitrogens with one attached hydrogen (secondary N) is 1. The van der Waals surface area contributed by atoms with Crippen molar-refractivity contribution in [2.75, 3.05) is 24.3 Å². The Morgan fingerprint density at radius 2 is 1.60 bits per heavy atom. The van der Waals surface area contributed by atoms with Gasteiger partial charge < -0.3 is 15.1 Å². The minimum absolute atomic E-state index is 0.0223. The maximum absolute atomic E-state index is 13.4. The van der Waals surface area contributed by atoms with Crippen LogP contribution in [0.4, 0.5) is 11.4 Å². The van der Waals surface area contributed by atoms with Crippen LogP contribution in [0.1, 0.15) is 73.3 Å². The normalized spacial score (nSPS) is 12.4. The van der Waals surface area contributed by atoms with Crippen LogP contribution in [0.3, 0.4) is 0 Å². The van der Waals surface area contributed by atoms with E-state index in [1.54, 1.807) is 0 Å². The van der Waals surface area contributed by atoms with E-state index < -0.39 is 0 Å². The molecule has 0 saturated heterocycles. The van der Waals surface area contributed by atoms with Crippen LogP contribution in [0, 0.1) is 17.8 Å². The van der Waals surface area contributed by atoms with Gasteiger partial charge in [0, 0.05) is 50.4 Å². The molecular weight excluding hydrogens is 374 g/mol. The molecule has 2 amide bonds. The Kier molecular flexibility index (Phi) is 10.4. The van der Waals surface area contributed by atoms with Gasteiger partial charge in [-0.05, 0) is 55.4 Å². The van der Waals surface area contributed by atoms with Gasteiger partial charge in [0.05, 0.1) is 0 Å². The largest absolute Gasteiger partial charge is 0.377 e. The molecule has 170 valence electrons. The molecule has 0 aliphatic rings. The highest BCUT2D eigenvalue weighted by atomic mass is 16.2. The fraction of sp³-hybridized carbons (Fsp3) is 0.680. The lowest BCUT2D eigenvalue weighted by Gasteiger charge is -2.35. The van der Waals surface area contributed by atoms with Crippen molar-refractivity contribution in [3.05, 3.63) is 23.8 Å². The van der Waals surface area contributed by atoms with E-state index in [2.05, 4.69) is 44.8 Å². The summed E-state index contributed by atoms with van der Waals surface area (Å²) in [7, 11) is 4.02. The Balaban J connectivity index is 3.29. The first-order chi connectivity index (χ1) is 14.0. The van der Waals surface area contributed by atoms with Gasteiger partial charge in [-0.3, -0.25) is 9.59 Å². The van der Waals surface area contributed by atoms with Crippen molar-refractivity contribution in [2.45, 2.75) is 80.3 Å². The summed E-state index contributed by atoms with van der Waals surface area (Å²) in [5, 5.41) is 3.02. The maximum Gasteiger partial charge on any atom is 0.226 e. The van der Waals surface area contributed by atoms with Gasteiger partial charge in [-0.15, -0.1) is 0 Å². The van der Waals surface area contributed by atoms with Crippen molar-refractivity contribution in [1.29, 1.82) is 0 Å². The van der Waals surface area contributed by atoms with E-state index in [9.17, 15) is 9.59 Å². The Morgan fingerprint density at radius 3 is 2.07 bits per heavy atom. The zero-order valence-corrected chi connectivity index (χ0v) is 20.6. The molecule has 0 aliphatic heterocycles. The summed E-state index contributed by atoms with van der Waals surface area (Å²) in [6.45, 7) is 15.2. The van der Waals surface area contributed by atoms with Crippen LogP contribution in [0.5, 0.6) is 0 Å². The van der Waals surface area contributed by atoms with Gasteiger partial charge in [0.25, 0.3) is 0 Å². The highest BCUT2D eigenvalue weighted by molar-refractivity contribution is 5.91. The van der Waals surface area contributed by atoms with Crippen molar-refractivity contribution in [2.24, 2.45) is 17.8 Å². The highest BCUT2D eigenvalue weighted by Crippen LogP contribution is 2.28. The number of hydrogen-bond acceptors (Lipinski definition) is 3. The van der Waals surface area contributed by atoms with Gasteiger partial charge in [-0.25, -0.2) is 0 Å². The van der Waals surface area contributed by atoms with Gasteiger partial charge >= 0.3 is 0 Å². The SMILES string of the molecule is CCC(CC)C(=O)N(Cc1cc(NC(=O)CC(C)C)ccc1N(C)C)C(C)C(C)C. The molecular formula is C25H43N3O2. The molecule has 1 unspecified atom stereocenters. The van der Waals surface area contributed by atoms with E-state index >= 15 is 0 Å². The smallest absolute Gasteiger partial charge is 0.226 e. The minimum Gasteiger partial charge on any atom is -0.377 e. The summed E-state index contributed by atoms with van der Waals surface area (Å²) >= 11 is 0. The van der Waals surface area contributed by atoms with E-state index in [-0.39, 0.29) is 23.8 Å².